The van der Waals surface area contributed by atoms with Crippen molar-refractivity contribution in [3.63, 3.8) is 0 Å². The van der Waals surface area contributed by atoms with Crippen LogP contribution in [-0.2, 0) is 4.79 Å². The molecule has 0 aromatic rings. The highest BCUT2D eigenvalue weighted by molar-refractivity contribution is 5.87. The lowest BCUT2D eigenvalue weighted by molar-refractivity contribution is -0.126. The molecule has 0 atom stereocenters. The largest absolute Gasteiger partial charge is 0.339 e. The standard InChI is InChI=1S/C12H22N2O/c1-13(2)9-7-8-12(15)14-10-5-3-4-6-11-14/h7-8H,3-6,9-11H2,1-2H3/b8-7+. The van der Waals surface area contributed by atoms with Crippen LogP contribution in [0.5, 0.6) is 0 Å². The molecular weight excluding hydrogens is 188 g/mol. The highest BCUT2D eigenvalue weighted by atomic mass is 16.2. The van der Waals surface area contributed by atoms with Gasteiger partial charge in [0.05, 0.1) is 0 Å². The Morgan fingerprint density at radius 3 is 2.33 bits per heavy atom. The first-order chi connectivity index (χ1) is 7.20. The van der Waals surface area contributed by atoms with Crippen molar-refractivity contribution in [1.82, 2.24) is 9.80 Å². The number of carbonyl (C=O) groups excluding carboxylic acids is 1. The van der Waals surface area contributed by atoms with E-state index in [-0.39, 0.29) is 5.91 Å². The summed E-state index contributed by atoms with van der Waals surface area (Å²) in [6.45, 7) is 2.70. The van der Waals surface area contributed by atoms with Crippen molar-refractivity contribution in [3.8, 4) is 0 Å². The van der Waals surface area contributed by atoms with E-state index in [1.807, 2.05) is 30.0 Å². The summed E-state index contributed by atoms with van der Waals surface area (Å²) in [6.07, 6.45) is 8.51. The van der Waals surface area contributed by atoms with Gasteiger partial charge in [0.1, 0.15) is 0 Å². The summed E-state index contributed by atoms with van der Waals surface area (Å²) in [5.74, 6) is 0.179. The Morgan fingerprint density at radius 1 is 1.20 bits per heavy atom. The zero-order valence-corrected chi connectivity index (χ0v) is 9.91. The number of nitrogens with zero attached hydrogens (tertiary/aromatic N) is 2. The fraction of sp³-hybridized carbons (Fsp3) is 0.750. The topological polar surface area (TPSA) is 23.6 Å². The molecular formula is C12H22N2O. The van der Waals surface area contributed by atoms with Crippen LogP contribution < -0.4 is 0 Å². The van der Waals surface area contributed by atoms with Crippen LogP contribution in [0.1, 0.15) is 25.7 Å². The Balaban J connectivity index is 2.34. The number of rotatable bonds is 3. The monoisotopic (exact) mass is 210 g/mol. The average Bonchev–Trinajstić information content (AvgIpc) is 2.44. The quantitative estimate of drug-likeness (QED) is 0.659. The van der Waals surface area contributed by atoms with E-state index >= 15 is 0 Å². The molecule has 1 rings (SSSR count). The minimum Gasteiger partial charge on any atom is -0.339 e. The van der Waals surface area contributed by atoms with Crippen molar-refractivity contribution in [3.05, 3.63) is 12.2 Å². The van der Waals surface area contributed by atoms with Crippen LogP contribution in [0.3, 0.4) is 0 Å². The van der Waals surface area contributed by atoms with Gasteiger partial charge in [-0.25, -0.2) is 0 Å². The van der Waals surface area contributed by atoms with Crippen LogP contribution in [0, 0.1) is 0 Å². The molecule has 0 saturated carbocycles. The van der Waals surface area contributed by atoms with E-state index < -0.39 is 0 Å². The normalized spacial score (nSPS) is 18.5. The SMILES string of the molecule is CN(C)C/C=C/C(=O)N1CCCCCC1. The van der Waals surface area contributed by atoms with E-state index in [0.29, 0.717) is 0 Å². The van der Waals surface area contributed by atoms with E-state index in [4.69, 9.17) is 0 Å². The van der Waals surface area contributed by atoms with Crippen LogP contribution in [0.15, 0.2) is 12.2 Å². The van der Waals surface area contributed by atoms with Gasteiger partial charge < -0.3 is 9.80 Å². The van der Waals surface area contributed by atoms with Gasteiger partial charge in [-0.05, 0) is 26.9 Å². The Morgan fingerprint density at radius 2 is 1.80 bits per heavy atom. The van der Waals surface area contributed by atoms with E-state index in [1.54, 1.807) is 6.08 Å². The Bertz CT molecular complexity index is 216. The second-order valence-corrected chi connectivity index (χ2v) is 4.40. The molecule has 0 spiro atoms. The third-order valence-corrected chi connectivity index (χ3v) is 2.65. The number of likely N-dealkylation sites (tertiary alicyclic amines) is 1. The zero-order valence-electron chi connectivity index (χ0n) is 9.91. The molecule has 0 aromatic carbocycles. The van der Waals surface area contributed by atoms with Crippen LogP contribution >= 0.6 is 0 Å². The van der Waals surface area contributed by atoms with Crippen LogP contribution in [0.4, 0.5) is 0 Å². The lowest BCUT2D eigenvalue weighted by Crippen LogP contribution is -2.30. The molecule has 1 amide bonds. The number of hydrogen-bond donors (Lipinski definition) is 0. The molecule has 1 heterocycles. The van der Waals surface area contributed by atoms with Crippen LogP contribution in [0.2, 0.25) is 0 Å². The lowest BCUT2D eigenvalue weighted by atomic mass is 10.2. The van der Waals surface area contributed by atoms with Gasteiger partial charge in [-0.15, -0.1) is 0 Å². The molecule has 0 bridgehead atoms. The molecule has 1 fully saturated rings. The van der Waals surface area contributed by atoms with Gasteiger partial charge in [-0.3, -0.25) is 4.79 Å². The van der Waals surface area contributed by atoms with Crippen molar-refractivity contribution in [2.75, 3.05) is 33.7 Å². The highest BCUT2D eigenvalue weighted by Crippen LogP contribution is 2.09. The molecule has 1 saturated heterocycles. The fourth-order valence-electron chi connectivity index (χ4n) is 1.76. The van der Waals surface area contributed by atoms with Gasteiger partial charge >= 0.3 is 0 Å². The van der Waals surface area contributed by atoms with Gasteiger partial charge in [0.15, 0.2) is 0 Å². The van der Waals surface area contributed by atoms with Gasteiger partial charge in [0, 0.05) is 25.7 Å². The summed E-state index contributed by atoms with van der Waals surface area (Å²) in [5, 5.41) is 0. The molecule has 3 nitrogen and oxygen atoms in total. The second kappa shape index (κ2) is 6.62. The Hall–Kier alpha value is -0.830. The van der Waals surface area contributed by atoms with E-state index in [1.165, 1.54) is 12.8 Å². The van der Waals surface area contributed by atoms with Gasteiger partial charge in [-0.1, -0.05) is 18.9 Å². The first kappa shape index (κ1) is 12.2. The van der Waals surface area contributed by atoms with Gasteiger partial charge in [-0.2, -0.15) is 0 Å². The molecule has 0 N–H and O–H groups in total. The minimum atomic E-state index is 0.179. The number of amides is 1. The summed E-state index contributed by atoms with van der Waals surface area (Å²) in [5.41, 5.74) is 0. The molecule has 1 aliphatic heterocycles. The molecule has 1 aliphatic rings. The van der Waals surface area contributed by atoms with Gasteiger partial charge in [0.25, 0.3) is 0 Å². The minimum absolute atomic E-state index is 0.179. The van der Waals surface area contributed by atoms with Crippen molar-refractivity contribution in [2.45, 2.75) is 25.7 Å². The molecule has 15 heavy (non-hydrogen) atoms. The molecule has 3 heteroatoms. The maximum atomic E-state index is 11.8. The zero-order chi connectivity index (χ0) is 11.1. The maximum absolute atomic E-state index is 11.8. The van der Waals surface area contributed by atoms with Crippen molar-refractivity contribution < 1.29 is 4.79 Å². The lowest BCUT2D eigenvalue weighted by Gasteiger charge is -2.18. The summed E-state index contributed by atoms with van der Waals surface area (Å²) < 4.78 is 0. The smallest absolute Gasteiger partial charge is 0.246 e. The first-order valence-electron chi connectivity index (χ1n) is 5.80. The summed E-state index contributed by atoms with van der Waals surface area (Å²) in [7, 11) is 4.00. The van der Waals surface area contributed by atoms with Crippen LogP contribution in [0.25, 0.3) is 0 Å². The average molecular weight is 210 g/mol. The molecule has 0 unspecified atom stereocenters. The third kappa shape index (κ3) is 4.98. The first-order valence-corrected chi connectivity index (χ1v) is 5.80. The highest BCUT2D eigenvalue weighted by Gasteiger charge is 2.12. The van der Waals surface area contributed by atoms with Crippen molar-refractivity contribution in [1.29, 1.82) is 0 Å². The van der Waals surface area contributed by atoms with Crippen molar-refractivity contribution in [2.24, 2.45) is 0 Å². The predicted molar refractivity (Wildman–Crippen MR) is 62.7 cm³/mol. The third-order valence-electron chi connectivity index (χ3n) is 2.65. The summed E-state index contributed by atoms with van der Waals surface area (Å²) in [4.78, 5) is 15.8. The van der Waals surface area contributed by atoms with Crippen LogP contribution in [-0.4, -0.2) is 49.4 Å². The molecule has 0 aromatic heterocycles. The molecule has 0 aliphatic carbocycles. The predicted octanol–water partition coefficient (Wildman–Crippen LogP) is 1.51. The summed E-state index contributed by atoms with van der Waals surface area (Å²) >= 11 is 0. The van der Waals surface area contributed by atoms with E-state index in [9.17, 15) is 4.79 Å². The summed E-state index contributed by atoms with van der Waals surface area (Å²) in [6, 6.07) is 0. The van der Waals surface area contributed by atoms with E-state index in [0.717, 1.165) is 32.5 Å². The van der Waals surface area contributed by atoms with E-state index in [2.05, 4.69) is 0 Å². The van der Waals surface area contributed by atoms with Crippen molar-refractivity contribution >= 4 is 5.91 Å². The second-order valence-electron chi connectivity index (χ2n) is 4.40. The Kier molecular flexibility index (Phi) is 5.40. The maximum Gasteiger partial charge on any atom is 0.246 e. The molecule has 0 radical (unpaired) electrons. The number of hydrogen-bond acceptors (Lipinski definition) is 2. The fourth-order valence-corrected chi connectivity index (χ4v) is 1.76. The number of likely N-dealkylation sites (N-methyl/N-ethyl adjacent to an activating group) is 1. The van der Waals surface area contributed by atoms with Gasteiger partial charge in [0.2, 0.25) is 5.91 Å². The Labute approximate surface area is 92.7 Å². The number of carbonyl (C=O) groups is 1. The molecule has 86 valence electrons.